The third kappa shape index (κ3) is 2.31. The number of hydrogen-bond donors (Lipinski definition) is 0. The Morgan fingerprint density at radius 3 is 1.71 bits per heavy atom. The van der Waals surface area contributed by atoms with E-state index in [4.69, 9.17) is 9.97 Å². The van der Waals surface area contributed by atoms with Crippen molar-refractivity contribution in [1.82, 2.24) is 9.97 Å². The SMILES string of the molecule is C1=CCN(c2ccnc3c2ccc2c(N4Cc5ccccc5C4)ccnc23)C1. The second-order valence-corrected chi connectivity index (χ2v) is 7.52. The normalized spacial score (nSPS) is 15.7. The number of pyridine rings is 2. The molecule has 2 aromatic carbocycles. The maximum Gasteiger partial charge on any atom is 0.0986 e. The van der Waals surface area contributed by atoms with E-state index in [1.165, 1.54) is 33.3 Å². The molecule has 2 aliphatic rings. The van der Waals surface area contributed by atoms with E-state index >= 15 is 0 Å². The summed E-state index contributed by atoms with van der Waals surface area (Å²) in [5.41, 5.74) is 7.27. The van der Waals surface area contributed by atoms with E-state index < -0.39 is 0 Å². The maximum atomic E-state index is 4.73. The topological polar surface area (TPSA) is 32.3 Å². The highest BCUT2D eigenvalue weighted by atomic mass is 15.2. The molecular weight excluding hydrogens is 344 g/mol. The van der Waals surface area contributed by atoms with Crippen molar-refractivity contribution in [2.24, 2.45) is 0 Å². The van der Waals surface area contributed by atoms with E-state index in [1.54, 1.807) is 0 Å². The predicted octanol–water partition coefficient (Wildman–Crippen LogP) is 4.68. The average Bonchev–Trinajstić information content (AvgIpc) is 3.42. The van der Waals surface area contributed by atoms with Gasteiger partial charge in [0.05, 0.1) is 11.0 Å². The van der Waals surface area contributed by atoms with Crippen LogP contribution in [-0.2, 0) is 13.1 Å². The number of benzene rings is 2. The van der Waals surface area contributed by atoms with Crippen molar-refractivity contribution in [1.29, 1.82) is 0 Å². The van der Waals surface area contributed by atoms with E-state index in [-0.39, 0.29) is 0 Å². The van der Waals surface area contributed by atoms with E-state index in [0.717, 1.165) is 37.2 Å². The molecule has 0 N–H and O–H groups in total. The molecule has 28 heavy (non-hydrogen) atoms. The molecule has 0 saturated carbocycles. The summed E-state index contributed by atoms with van der Waals surface area (Å²) in [7, 11) is 0. The summed E-state index contributed by atoms with van der Waals surface area (Å²) < 4.78 is 0. The zero-order chi connectivity index (χ0) is 18.5. The van der Waals surface area contributed by atoms with Crippen LogP contribution in [0.2, 0.25) is 0 Å². The zero-order valence-corrected chi connectivity index (χ0v) is 15.5. The van der Waals surface area contributed by atoms with Gasteiger partial charge in [0.1, 0.15) is 0 Å². The molecule has 0 bridgehead atoms. The lowest BCUT2D eigenvalue weighted by atomic mass is 10.1. The molecule has 0 radical (unpaired) electrons. The van der Waals surface area contributed by atoms with E-state index in [2.05, 4.69) is 70.5 Å². The Bertz CT molecular complexity index is 1210. The van der Waals surface area contributed by atoms with Crippen molar-refractivity contribution in [2.45, 2.75) is 13.1 Å². The molecule has 4 heteroatoms. The van der Waals surface area contributed by atoms with Crippen LogP contribution in [-0.4, -0.2) is 23.1 Å². The zero-order valence-electron chi connectivity index (χ0n) is 15.5. The molecule has 0 atom stereocenters. The first-order chi connectivity index (χ1) is 13.9. The Hall–Kier alpha value is -3.40. The van der Waals surface area contributed by atoms with E-state index in [1.807, 2.05) is 12.4 Å². The van der Waals surface area contributed by atoms with Gasteiger partial charge in [-0.2, -0.15) is 0 Å². The highest BCUT2D eigenvalue weighted by Crippen LogP contribution is 2.37. The Morgan fingerprint density at radius 2 is 1.14 bits per heavy atom. The Balaban J connectivity index is 1.50. The van der Waals surface area contributed by atoms with Crippen molar-refractivity contribution in [2.75, 3.05) is 22.9 Å². The fourth-order valence-corrected chi connectivity index (χ4v) is 4.53. The lowest BCUT2D eigenvalue weighted by Gasteiger charge is -2.22. The molecule has 0 unspecified atom stereocenters. The number of nitrogens with zero attached hydrogens (tertiary/aromatic N) is 4. The number of rotatable bonds is 2. The van der Waals surface area contributed by atoms with Gasteiger partial charge in [-0.05, 0) is 35.4 Å². The summed E-state index contributed by atoms with van der Waals surface area (Å²) >= 11 is 0. The molecule has 4 nitrogen and oxygen atoms in total. The minimum absolute atomic E-state index is 0.945. The van der Waals surface area contributed by atoms with Crippen LogP contribution in [0.5, 0.6) is 0 Å². The van der Waals surface area contributed by atoms with Gasteiger partial charge >= 0.3 is 0 Å². The molecule has 2 aromatic heterocycles. The first-order valence-corrected chi connectivity index (χ1v) is 9.76. The molecule has 0 amide bonds. The molecule has 4 aromatic rings. The summed E-state index contributed by atoms with van der Waals surface area (Å²) in [6, 6.07) is 17.4. The molecule has 0 saturated heterocycles. The first kappa shape index (κ1) is 15.6. The van der Waals surface area contributed by atoms with Gasteiger partial charge in [-0.15, -0.1) is 0 Å². The van der Waals surface area contributed by atoms with Crippen LogP contribution in [0.3, 0.4) is 0 Å². The van der Waals surface area contributed by atoms with Gasteiger partial charge < -0.3 is 9.80 Å². The van der Waals surface area contributed by atoms with Crippen LogP contribution in [0.15, 0.2) is 73.1 Å². The van der Waals surface area contributed by atoms with Crippen LogP contribution in [0.1, 0.15) is 11.1 Å². The van der Waals surface area contributed by atoms with Gasteiger partial charge in [0, 0.05) is 60.7 Å². The largest absolute Gasteiger partial charge is 0.363 e. The Kier molecular flexibility index (Phi) is 3.38. The van der Waals surface area contributed by atoms with Gasteiger partial charge in [0.25, 0.3) is 0 Å². The van der Waals surface area contributed by atoms with Gasteiger partial charge in [-0.1, -0.05) is 36.4 Å². The summed E-state index contributed by atoms with van der Waals surface area (Å²) in [4.78, 5) is 14.3. The van der Waals surface area contributed by atoms with Gasteiger partial charge in [0.15, 0.2) is 0 Å². The van der Waals surface area contributed by atoms with Gasteiger partial charge in [-0.25, -0.2) is 0 Å². The molecule has 0 aliphatic carbocycles. The quantitative estimate of drug-likeness (QED) is 0.382. The fourth-order valence-electron chi connectivity index (χ4n) is 4.53. The summed E-state index contributed by atoms with van der Waals surface area (Å²) in [5, 5.41) is 2.35. The fraction of sp³-hybridized carbons (Fsp3) is 0.167. The summed E-state index contributed by atoms with van der Waals surface area (Å²) in [6.45, 7) is 3.80. The van der Waals surface area contributed by atoms with Crippen molar-refractivity contribution < 1.29 is 0 Å². The molecular formula is C24H20N4. The molecule has 2 aliphatic heterocycles. The molecule has 136 valence electrons. The number of fused-ring (bicyclic) bond motifs is 4. The Morgan fingerprint density at radius 1 is 0.607 bits per heavy atom. The van der Waals surface area contributed by atoms with E-state index in [9.17, 15) is 0 Å². The highest BCUT2D eigenvalue weighted by molar-refractivity contribution is 6.10. The van der Waals surface area contributed by atoms with Crippen LogP contribution in [0, 0.1) is 0 Å². The van der Waals surface area contributed by atoms with Crippen LogP contribution < -0.4 is 9.80 Å². The van der Waals surface area contributed by atoms with E-state index in [0.29, 0.717) is 0 Å². The third-order valence-corrected chi connectivity index (χ3v) is 5.92. The average molecular weight is 364 g/mol. The lowest BCUT2D eigenvalue weighted by Crippen LogP contribution is -2.19. The maximum absolute atomic E-state index is 4.73. The summed E-state index contributed by atoms with van der Waals surface area (Å²) in [5.74, 6) is 0. The second-order valence-electron chi connectivity index (χ2n) is 7.52. The monoisotopic (exact) mass is 364 g/mol. The van der Waals surface area contributed by atoms with Crippen LogP contribution in [0.4, 0.5) is 11.4 Å². The number of hydrogen-bond acceptors (Lipinski definition) is 4. The number of anilines is 2. The van der Waals surface area contributed by atoms with Gasteiger partial charge in [-0.3, -0.25) is 9.97 Å². The number of aromatic nitrogens is 2. The highest BCUT2D eigenvalue weighted by Gasteiger charge is 2.21. The molecule has 0 fully saturated rings. The second kappa shape index (κ2) is 6.06. The van der Waals surface area contributed by atoms with Crippen molar-refractivity contribution in [3.05, 3.63) is 84.2 Å². The molecule has 6 rings (SSSR count). The Labute approximate surface area is 163 Å². The third-order valence-electron chi connectivity index (χ3n) is 5.92. The summed E-state index contributed by atoms with van der Waals surface area (Å²) in [6.07, 6.45) is 8.27. The van der Waals surface area contributed by atoms with Crippen LogP contribution >= 0.6 is 0 Å². The lowest BCUT2D eigenvalue weighted by molar-refractivity contribution is 0.884. The minimum Gasteiger partial charge on any atom is -0.363 e. The minimum atomic E-state index is 0.945. The van der Waals surface area contributed by atoms with Crippen LogP contribution in [0.25, 0.3) is 21.8 Å². The predicted molar refractivity (Wildman–Crippen MR) is 115 cm³/mol. The first-order valence-electron chi connectivity index (χ1n) is 9.76. The standard InChI is InChI=1S/C24H20N4/c1-2-6-18-16-28(15-17(18)5-1)22-10-12-26-24-20(22)8-7-19-21(9-11-25-23(19)24)27-13-3-4-14-27/h1-12H,13-16H2. The molecule has 4 heterocycles. The van der Waals surface area contributed by atoms with Crippen molar-refractivity contribution in [3.8, 4) is 0 Å². The molecule has 0 spiro atoms. The van der Waals surface area contributed by atoms with Gasteiger partial charge in [0.2, 0.25) is 0 Å². The van der Waals surface area contributed by atoms with Crippen molar-refractivity contribution in [3.63, 3.8) is 0 Å². The van der Waals surface area contributed by atoms with Crippen molar-refractivity contribution >= 4 is 33.2 Å². The smallest absolute Gasteiger partial charge is 0.0986 e.